The number of fused-ring (bicyclic) bond motifs is 1. The summed E-state index contributed by atoms with van der Waals surface area (Å²) >= 11 is 0. The quantitative estimate of drug-likeness (QED) is 0.566. The lowest BCUT2D eigenvalue weighted by Gasteiger charge is -2.26. The highest BCUT2D eigenvalue weighted by Crippen LogP contribution is 2.41. The van der Waals surface area contributed by atoms with E-state index in [1.54, 1.807) is 29.2 Å². The Hall–Kier alpha value is -3.85. The van der Waals surface area contributed by atoms with E-state index in [4.69, 9.17) is 4.52 Å². The lowest BCUT2D eigenvalue weighted by atomic mass is 9.99. The maximum atomic E-state index is 12.2. The van der Waals surface area contributed by atoms with Crippen LogP contribution < -0.4 is 20.4 Å². The van der Waals surface area contributed by atoms with Crippen molar-refractivity contribution in [2.24, 2.45) is 0 Å². The second kappa shape index (κ2) is 8.59. The van der Waals surface area contributed by atoms with Crippen molar-refractivity contribution in [1.82, 2.24) is 10.5 Å². The molecule has 3 heterocycles. The molecule has 1 saturated heterocycles. The molecule has 0 radical (unpaired) electrons. The molecular formula is C24H25N5O4. The second-order valence-corrected chi connectivity index (χ2v) is 8.19. The number of carbonyl (C=O) groups excluding carboxylic acids is 2. The van der Waals surface area contributed by atoms with Crippen LogP contribution >= 0.6 is 0 Å². The van der Waals surface area contributed by atoms with Gasteiger partial charge in [-0.05, 0) is 23.8 Å². The highest BCUT2D eigenvalue weighted by Gasteiger charge is 2.23. The van der Waals surface area contributed by atoms with Crippen molar-refractivity contribution in [3.63, 3.8) is 0 Å². The van der Waals surface area contributed by atoms with Crippen LogP contribution in [0.1, 0.15) is 13.3 Å². The molecule has 2 aliphatic rings. The third-order valence-corrected chi connectivity index (χ3v) is 6.06. The van der Waals surface area contributed by atoms with Gasteiger partial charge in [-0.15, -0.1) is 0 Å². The van der Waals surface area contributed by atoms with E-state index in [2.05, 4.69) is 20.7 Å². The fourth-order valence-corrected chi connectivity index (χ4v) is 4.32. The van der Waals surface area contributed by atoms with Crippen LogP contribution in [0.4, 0.5) is 17.2 Å². The molecule has 0 aliphatic carbocycles. The van der Waals surface area contributed by atoms with E-state index < -0.39 is 0 Å². The Morgan fingerprint density at radius 1 is 1.09 bits per heavy atom. The summed E-state index contributed by atoms with van der Waals surface area (Å²) < 4.78 is 5.56. The number of phenols is 1. The molecule has 170 valence electrons. The van der Waals surface area contributed by atoms with E-state index in [1.165, 1.54) is 6.92 Å². The number of benzene rings is 2. The van der Waals surface area contributed by atoms with Gasteiger partial charge in [0.15, 0.2) is 11.6 Å². The zero-order valence-corrected chi connectivity index (χ0v) is 18.3. The van der Waals surface area contributed by atoms with Crippen molar-refractivity contribution < 1.29 is 19.2 Å². The van der Waals surface area contributed by atoms with Crippen LogP contribution in [0, 0.1) is 0 Å². The number of phenolic OH excluding ortho intramolecular Hbond substituents is 1. The molecule has 0 atom stereocenters. The minimum atomic E-state index is -0.155. The molecule has 9 heteroatoms. The van der Waals surface area contributed by atoms with E-state index >= 15 is 0 Å². The van der Waals surface area contributed by atoms with Crippen LogP contribution in [0.3, 0.4) is 0 Å². The number of piperazine rings is 1. The van der Waals surface area contributed by atoms with Gasteiger partial charge in [0.1, 0.15) is 5.75 Å². The van der Waals surface area contributed by atoms with Crippen molar-refractivity contribution in [3.8, 4) is 28.2 Å². The summed E-state index contributed by atoms with van der Waals surface area (Å²) in [4.78, 5) is 28.0. The molecule has 1 aromatic heterocycles. The number of amides is 2. The first-order valence-corrected chi connectivity index (χ1v) is 11.0. The fraction of sp³-hybridized carbons (Fsp3) is 0.292. The number of aromatic hydroxyl groups is 1. The first kappa shape index (κ1) is 21.0. The summed E-state index contributed by atoms with van der Waals surface area (Å²) in [5.41, 5.74) is 3.01. The van der Waals surface area contributed by atoms with E-state index in [0.717, 1.165) is 32.0 Å². The summed E-state index contributed by atoms with van der Waals surface area (Å²) in [6.45, 7) is 5.27. The average Bonchev–Trinajstić information content (AvgIpc) is 3.24. The average molecular weight is 447 g/mol. The number of nitrogens with one attached hydrogen (secondary N) is 2. The predicted octanol–water partition coefficient (Wildman–Crippen LogP) is 2.82. The third kappa shape index (κ3) is 4.03. The van der Waals surface area contributed by atoms with Crippen molar-refractivity contribution in [1.29, 1.82) is 0 Å². The van der Waals surface area contributed by atoms with Crippen molar-refractivity contribution >= 4 is 29.0 Å². The summed E-state index contributed by atoms with van der Waals surface area (Å²) in [5, 5.41) is 21.5. The maximum Gasteiger partial charge on any atom is 0.226 e. The summed E-state index contributed by atoms with van der Waals surface area (Å²) in [6.07, 6.45) is 0.227. The first-order valence-electron chi connectivity index (χ1n) is 11.0. The Labute approximate surface area is 191 Å². The van der Waals surface area contributed by atoms with Gasteiger partial charge in [0.2, 0.25) is 11.8 Å². The van der Waals surface area contributed by atoms with E-state index in [0.29, 0.717) is 40.4 Å². The normalized spacial score (nSPS) is 16.2. The maximum absolute atomic E-state index is 12.2. The molecule has 2 amide bonds. The molecule has 1 fully saturated rings. The van der Waals surface area contributed by atoms with Gasteiger partial charge in [0.25, 0.3) is 0 Å². The molecule has 2 aromatic carbocycles. The van der Waals surface area contributed by atoms with Crippen LogP contribution in [0.25, 0.3) is 22.5 Å². The topological polar surface area (TPSA) is 111 Å². The van der Waals surface area contributed by atoms with Crippen molar-refractivity contribution in [2.45, 2.75) is 13.3 Å². The zero-order chi connectivity index (χ0) is 22.9. The lowest BCUT2D eigenvalue weighted by molar-refractivity contribution is -0.117. The lowest BCUT2D eigenvalue weighted by Crippen LogP contribution is -2.43. The number of anilines is 3. The Bertz CT molecular complexity index is 1220. The number of hydrogen-bond donors (Lipinski definition) is 3. The molecule has 5 rings (SSSR count). The molecule has 33 heavy (non-hydrogen) atoms. The van der Waals surface area contributed by atoms with E-state index in [1.807, 2.05) is 18.2 Å². The van der Waals surface area contributed by atoms with Gasteiger partial charge in [-0.1, -0.05) is 23.4 Å². The number of rotatable bonds is 3. The summed E-state index contributed by atoms with van der Waals surface area (Å²) in [6, 6.07) is 12.7. The minimum Gasteiger partial charge on any atom is -0.507 e. The number of para-hydroxylation sites is 1. The number of aromatic nitrogens is 1. The highest BCUT2D eigenvalue weighted by molar-refractivity contribution is 6.04. The smallest absolute Gasteiger partial charge is 0.226 e. The minimum absolute atomic E-state index is 0.0591. The van der Waals surface area contributed by atoms with Crippen LogP contribution in [-0.4, -0.2) is 54.8 Å². The van der Waals surface area contributed by atoms with Crippen molar-refractivity contribution in [3.05, 3.63) is 42.5 Å². The monoisotopic (exact) mass is 447 g/mol. The van der Waals surface area contributed by atoms with Gasteiger partial charge < -0.3 is 30.1 Å². The number of hydrogen-bond acceptors (Lipinski definition) is 7. The van der Waals surface area contributed by atoms with Gasteiger partial charge in [0.05, 0.1) is 16.9 Å². The zero-order valence-electron chi connectivity index (χ0n) is 18.3. The molecule has 0 saturated carbocycles. The van der Waals surface area contributed by atoms with Crippen molar-refractivity contribution in [2.75, 3.05) is 47.8 Å². The molecule has 3 N–H and O–H groups in total. The third-order valence-electron chi connectivity index (χ3n) is 6.06. The Morgan fingerprint density at radius 3 is 2.67 bits per heavy atom. The fourth-order valence-electron chi connectivity index (χ4n) is 4.32. The largest absolute Gasteiger partial charge is 0.507 e. The standard InChI is InChI=1S/C24H25N5O4/c1-15(30)29-10-7-23(31)26-19-13-16(5-6-20(19)29)17-3-2-4-18(24(17)32)21-14-22(27-33-21)28-11-8-25-9-12-28/h2-6,13-14,25,32H,7-12H2,1H3,(H,26,31). The molecule has 0 unspecified atom stereocenters. The first-order chi connectivity index (χ1) is 16.0. The molecule has 9 nitrogen and oxygen atoms in total. The van der Waals surface area contributed by atoms with Crippen LogP contribution in [0.5, 0.6) is 5.75 Å². The molecule has 0 spiro atoms. The van der Waals surface area contributed by atoms with Gasteiger partial charge in [-0.25, -0.2) is 0 Å². The summed E-state index contributed by atoms with van der Waals surface area (Å²) in [7, 11) is 0. The Balaban J connectivity index is 1.50. The number of carbonyl (C=O) groups is 2. The van der Waals surface area contributed by atoms with Gasteiger partial charge in [-0.2, -0.15) is 0 Å². The predicted molar refractivity (Wildman–Crippen MR) is 125 cm³/mol. The van der Waals surface area contributed by atoms with E-state index in [-0.39, 0.29) is 24.0 Å². The molecular weight excluding hydrogens is 422 g/mol. The second-order valence-electron chi connectivity index (χ2n) is 8.19. The van der Waals surface area contributed by atoms with Crippen LogP contribution in [-0.2, 0) is 9.59 Å². The highest BCUT2D eigenvalue weighted by atomic mass is 16.5. The molecule has 3 aromatic rings. The van der Waals surface area contributed by atoms with Gasteiger partial charge in [0, 0.05) is 57.7 Å². The van der Waals surface area contributed by atoms with Crippen LogP contribution in [0.2, 0.25) is 0 Å². The Morgan fingerprint density at radius 2 is 1.88 bits per heavy atom. The molecule has 2 aliphatic heterocycles. The molecule has 0 bridgehead atoms. The van der Waals surface area contributed by atoms with Crippen LogP contribution in [0.15, 0.2) is 47.0 Å². The van der Waals surface area contributed by atoms with E-state index in [9.17, 15) is 14.7 Å². The summed E-state index contributed by atoms with van der Waals surface area (Å²) in [5.74, 6) is 0.999. The SMILES string of the molecule is CC(=O)N1CCC(=O)Nc2cc(-c3cccc(-c4cc(N5CCNCC5)no4)c3O)ccc21. The number of nitrogens with zero attached hydrogens (tertiary/aromatic N) is 3. The van der Waals surface area contributed by atoms with Gasteiger partial charge >= 0.3 is 0 Å². The van der Waals surface area contributed by atoms with Gasteiger partial charge in [-0.3, -0.25) is 9.59 Å². The Kier molecular flexibility index (Phi) is 5.47.